The Kier molecular flexibility index (Phi) is 5.77. The maximum atomic E-state index is 13.1. The summed E-state index contributed by atoms with van der Waals surface area (Å²) in [7, 11) is 0. The average molecular weight is 376 g/mol. The van der Waals surface area contributed by atoms with Gasteiger partial charge in [0.2, 0.25) is 0 Å². The topological polar surface area (TPSA) is 39.3 Å². The van der Waals surface area contributed by atoms with Crippen LogP contribution in [0.5, 0.6) is 0 Å². The van der Waals surface area contributed by atoms with Gasteiger partial charge in [-0.3, -0.25) is 9.69 Å². The zero-order valence-corrected chi connectivity index (χ0v) is 16.6. The number of benzene rings is 2. The summed E-state index contributed by atoms with van der Waals surface area (Å²) in [5.74, 6) is 0.643. The number of fused-ring (bicyclic) bond motifs is 1. The fraction of sp³-hybridized carbons (Fsp3) is 0.375. The third kappa shape index (κ3) is 4.28. The van der Waals surface area contributed by atoms with Gasteiger partial charge in [-0.25, -0.2) is 0 Å². The van der Waals surface area contributed by atoms with Gasteiger partial charge in [0.15, 0.2) is 0 Å². The van der Waals surface area contributed by atoms with Crippen LogP contribution in [0, 0.1) is 5.92 Å². The second-order valence-corrected chi connectivity index (χ2v) is 7.84. The van der Waals surface area contributed by atoms with Crippen LogP contribution < -0.4 is 0 Å². The highest BCUT2D eigenvalue weighted by Gasteiger charge is 2.25. The summed E-state index contributed by atoms with van der Waals surface area (Å²) in [6.45, 7) is 6.85. The molecule has 1 saturated heterocycles. The zero-order chi connectivity index (χ0) is 19.3. The van der Waals surface area contributed by atoms with Crippen molar-refractivity contribution in [2.24, 2.45) is 5.92 Å². The van der Waals surface area contributed by atoms with E-state index in [1.165, 1.54) is 18.4 Å². The Labute approximate surface area is 167 Å². The largest absolute Gasteiger partial charge is 0.351 e. The monoisotopic (exact) mass is 375 g/mol. The van der Waals surface area contributed by atoms with Crippen LogP contribution in [0.1, 0.15) is 35.8 Å². The first-order chi connectivity index (χ1) is 13.7. The van der Waals surface area contributed by atoms with Crippen molar-refractivity contribution in [3.8, 4) is 0 Å². The third-order valence-corrected chi connectivity index (χ3v) is 5.76. The van der Waals surface area contributed by atoms with Gasteiger partial charge in [0, 0.05) is 37.1 Å². The van der Waals surface area contributed by atoms with Crippen molar-refractivity contribution >= 4 is 16.8 Å². The van der Waals surface area contributed by atoms with Gasteiger partial charge < -0.3 is 9.88 Å². The fourth-order valence-electron chi connectivity index (χ4n) is 4.31. The summed E-state index contributed by atoms with van der Waals surface area (Å²) in [6, 6.07) is 20.7. The van der Waals surface area contributed by atoms with Gasteiger partial charge >= 0.3 is 0 Å². The van der Waals surface area contributed by atoms with Gasteiger partial charge in [0.05, 0.1) is 0 Å². The number of nitrogens with one attached hydrogen (secondary N) is 1. The lowest BCUT2D eigenvalue weighted by Gasteiger charge is -2.35. The van der Waals surface area contributed by atoms with Crippen molar-refractivity contribution in [1.82, 2.24) is 14.8 Å². The number of piperidine rings is 1. The molecule has 0 saturated carbocycles. The summed E-state index contributed by atoms with van der Waals surface area (Å²) in [5.41, 5.74) is 3.08. The molecule has 4 nitrogen and oxygen atoms in total. The number of nitrogens with zero attached hydrogens (tertiary/aromatic N) is 2. The van der Waals surface area contributed by atoms with E-state index in [1.54, 1.807) is 0 Å². The van der Waals surface area contributed by atoms with Crippen molar-refractivity contribution in [2.45, 2.75) is 26.3 Å². The number of hydrogen-bond donors (Lipinski definition) is 1. The van der Waals surface area contributed by atoms with E-state index in [0.717, 1.165) is 43.6 Å². The van der Waals surface area contributed by atoms with Crippen molar-refractivity contribution in [3.63, 3.8) is 0 Å². The normalized spacial score (nSPS) is 17.7. The predicted octanol–water partition coefficient (Wildman–Crippen LogP) is 4.54. The first kappa shape index (κ1) is 18.8. The van der Waals surface area contributed by atoms with Crippen molar-refractivity contribution < 1.29 is 4.79 Å². The highest BCUT2D eigenvalue weighted by molar-refractivity contribution is 5.98. The van der Waals surface area contributed by atoms with Gasteiger partial charge in [0.25, 0.3) is 5.91 Å². The number of hydrogen-bond acceptors (Lipinski definition) is 2. The third-order valence-electron chi connectivity index (χ3n) is 5.76. The second-order valence-electron chi connectivity index (χ2n) is 7.84. The minimum absolute atomic E-state index is 0.110. The Hall–Kier alpha value is -2.59. The predicted molar refractivity (Wildman–Crippen MR) is 114 cm³/mol. The number of amides is 1. The van der Waals surface area contributed by atoms with Crippen molar-refractivity contribution in [3.05, 3.63) is 71.9 Å². The summed E-state index contributed by atoms with van der Waals surface area (Å²) in [5, 5.41) is 1.09. The maximum Gasteiger partial charge on any atom is 0.270 e. The first-order valence-corrected chi connectivity index (χ1v) is 10.4. The van der Waals surface area contributed by atoms with E-state index in [2.05, 4.69) is 47.1 Å². The smallest absolute Gasteiger partial charge is 0.270 e. The Morgan fingerprint density at radius 1 is 1.14 bits per heavy atom. The van der Waals surface area contributed by atoms with E-state index in [1.807, 2.05) is 35.2 Å². The molecular formula is C24H29N3O. The number of rotatable bonds is 6. The van der Waals surface area contributed by atoms with E-state index >= 15 is 0 Å². The van der Waals surface area contributed by atoms with Crippen LogP contribution in [-0.2, 0) is 6.54 Å². The van der Waals surface area contributed by atoms with Gasteiger partial charge in [-0.2, -0.15) is 0 Å². The van der Waals surface area contributed by atoms with E-state index in [0.29, 0.717) is 11.6 Å². The van der Waals surface area contributed by atoms with Crippen LogP contribution in [0.25, 0.3) is 10.9 Å². The molecule has 4 rings (SSSR count). The molecule has 1 atom stereocenters. The molecule has 1 unspecified atom stereocenters. The molecular weight excluding hydrogens is 346 g/mol. The van der Waals surface area contributed by atoms with Crippen molar-refractivity contribution in [2.75, 3.05) is 26.2 Å². The first-order valence-electron chi connectivity index (χ1n) is 10.4. The second kappa shape index (κ2) is 8.61. The number of aromatic amines is 1. The van der Waals surface area contributed by atoms with Crippen LogP contribution in [-0.4, -0.2) is 46.9 Å². The standard InChI is InChI=1S/C24H29N3O/c1-2-27(24(28)23-15-21-12-6-7-13-22(21)25-23)18-20-11-8-14-26(17-20)16-19-9-4-3-5-10-19/h3-7,9-10,12-13,15,20,25H,2,8,11,14,16-18H2,1H3. The molecule has 1 aliphatic heterocycles. The Bertz CT molecular complexity index is 885. The minimum Gasteiger partial charge on any atom is -0.351 e. The minimum atomic E-state index is 0.110. The van der Waals surface area contributed by atoms with E-state index in [9.17, 15) is 4.79 Å². The highest BCUT2D eigenvalue weighted by atomic mass is 16.2. The lowest BCUT2D eigenvalue weighted by atomic mass is 9.96. The molecule has 146 valence electrons. The quantitative estimate of drug-likeness (QED) is 0.687. The molecule has 0 bridgehead atoms. The number of H-pyrrole nitrogens is 1. The van der Waals surface area contributed by atoms with E-state index in [-0.39, 0.29) is 5.91 Å². The molecule has 0 radical (unpaired) electrons. The Balaban J connectivity index is 1.40. The lowest BCUT2D eigenvalue weighted by molar-refractivity contribution is 0.0680. The van der Waals surface area contributed by atoms with Crippen LogP contribution in [0.2, 0.25) is 0 Å². The molecule has 2 aromatic carbocycles. The molecule has 1 aromatic heterocycles. The number of para-hydroxylation sites is 1. The molecule has 0 aliphatic carbocycles. The van der Waals surface area contributed by atoms with Crippen LogP contribution in [0.4, 0.5) is 0 Å². The SMILES string of the molecule is CCN(CC1CCCN(Cc2ccccc2)C1)C(=O)c1cc2ccccc2[nH]1. The van der Waals surface area contributed by atoms with Crippen LogP contribution >= 0.6 is 0 Å². The Morgan fingerprint density at radius 2 is 1.93 bits per heavy atom. The van der Waals surface area contributed by atoms with Gasteiger partial charge in [0.1, 0.15) is 5.69 Å². The molecule has 4 heteroatoms. The molecule has 0 spiro atoms. The van der Waals surface area contributed by atoms with Gasteiger partial charge in [-0.1, -0.05) is 48.5 Å². The zero-order valence-electron chi connectivity index (χ0n) is 16.6. The van der Waals surface area contributed by atoms with Crippen LogP contribution in [0.3, 0.4) is 0 Å². The van der Waals surface area contributed by atoms with Crippen LogP contribution in [0.15, 0.2) is 60.7 Å². The van der Waals surface area contributed by atoms with Gasteiger partial charge in [-0.15, -0.1) is 0 Å². The van der Waals surface area contributed by atoms with E-state index in [4.69, 9.17) is 0 Å². The fourth-order valence-corrected chi connectivity index (χ4v) is 4.31. The summed E-state index contributed by atoms with van der Waals surface area (Å²) in [4.78, 5) is 20.9. The number of carbonyl (C=O) groups excluding carboxylic acids is 1. The molecule has 2 heterocycles. The van der Waals surface area contributed by atoms with Crippen molar-refractivity contribution in [1.29, 1.82) is 0 Å². The molecule has 1 fully saturated rings. The number of aromatic nitrogens is 1. The molecule has 1 N–H and O–H groups in total. The number of likely N-dealkylation sites (tertiary alicyclic amines) is 1. The molecule has 1 aliphatic rings. The van der Waals surface area contributed by atoms with Gasteiger partial charge in [-0.05, 0) is 49.9 Å². The lowest BCUT2D eigenvalue weighted by Crippen LogP contribution is -2.42. The summed E-state index contributed by atoms with van der Waals surface area (Å²) < 4.78 is 0. The molecule has 28 heavy (non-hydrogen) atoms. The highest BCUT2D eigenvalue weighted by Crippen LogP contribution is 2.21. The Morgan fingerprint density at radius 3 is 2.71 bits per heavy atom. The molecule has 1 amide bonds. The van der Waals surface area contributed by atoms with E-state index < -0.39 is 0 Å². The average Bonchev–Trinajstić information content (AvgIpc) is 3.17. The summed E-state index contributed by atoms with van der Waals surface area (Å²) >= 11 is 0. The molecule has 3 aromatic rings. The summed E-state index contributed by atoms with van der Waals surface area (Å²) in [6.07, 6.45) is 2.40. The number of carbonyl (C=O) groups is 1. The maximum absolute atomic E-state index is 13.1.